The van der Waals surface area contributed by atoms with Crippen LogP contribution in [-0.2, 0) is 0 Å². The van der Waals surface area contributed by atoms with Crippen molar-refractivity contribution in [2.45, 2.75) is 27.7 Å². The summed E-state index contributed by atoms with van der Waals surface area (Å²) in [6.45, 7) is 13.0. The molecule has 2 nitrogen and oxygen atoms in total. The summed E-state index contributed by atoms with van der Waals surface area (Å²) in [4.78, 5) is 2.40. The molecule has 70 valence electrons. The maximum absolute atomic E-state index is 3.13. The molecule has 0 rings (SSSR count). The largest absolute Gasteiger partial charge is 0.318 e. The Hall–Kier alpha value is -0.0800. The third-order valence-electron chi connectivity index (χ3n) is 1.57. The third-order valence-corrected chi connectivity index (χ3v) is 1.57. The van der Waals surface area contributed by atoms with Crippen LogP contribution in [0.2, 0.25) is 0 Å². The molecule has 1 N–H and O–H groups in total. The van der Waals surface area contributed by atoms with Crippen molar-refractivity contribution in [3.05, 3.63) is 0 Å². The predicted molar refractivity (Wildman–Crippen MR) is 53.1 cm³/mol. The van der Waals surface area contributed by atoms with Gasteiger partial charge in [-0.2, -0.15) is 0 Å². The van der Waals surface area contributed by atoms with Gasteiger partial charge in [0.15, 0.2) is 0 Å². The van der Waals surface area contributed by atoms with Crippen molar-refractivity contribution in [1.29, 1.82) is 0 Å². The van der Waals surface area contributed by atoms with Crippen LogP contribution in [0.15, 0.2) is 0 Å². The second-order valence-corrected chi connectivity index (χ2v) is 2.13. The van der Waals surface area contributed by atoms with Crippen molar-refractivity contribution >= 4 is 0 Å². The zero-order valence-corrected chi connectivity index (χ0v) is 8.78. The van der Waals surface area contributed by atoms with Gasteiger partial charge in [-0.15, -0.1) is 0 Å². The van der Waals surface area contributed by atoms with E-state index in [1.807, 2.05) is 20.9 Å². The fraction of sp³-hybridized carbons (Fsp3) is 1.00. The van der Waals surface area contributed by atoms with Gasteiger partial charge in [0.05, 0.1) is 0 Å². The van der Waals surface area contributed by atoms with Gasteiger partial charge in [-0.25, -0.2) is 0 Å². The molecule has 0 amide bonds. The molecule has 0 saturated heterocycles. The Bertz CT molecular complexity index is 51.5. The van der Waals surface area contributed by atoms with Gasteiger partial charge in [-0.05, 0) is 20.1 Å². The van der Waals surface area contributed by atoms with E-state index in [0.717, 1.165) is 19.6 Å². The Morgan fingerprint density at radius 2 is 1.55 bits per heavy atom. The fourth-order valence-electron chi connectivity index (χ4n) is 0.810. The van der Waals surface area contributed by atoms with Crippen LogP contribution < -0.4 is 5.32 Å². The topological polar surface area (TPSA) is 15.3 Å². The van der Waals surface area contributed by atoms with Gasteiger partial charge in [0.25, 0.3) is 0 Å². The Labute approximate surface area is 72.0 Å². The van der Waals surface area contributed by atoms with Crippen molar-refractivity contribution in [2.24, 2.45) is 0 Å². The van der Waals surface area contributed by atoms with Crippen LogP contribution in [-0.4, -0.2) is 38.1 Å². The molecule has 0 saturated carbocycles. The van der Waals surface area contributed by atoms with Gasteiger partial charge in [0.1, 0.15) is 0 Å². The van der Waals surface area contributed by atoms with E-state index in [4.69, 9.17) is 0 Å². The van der Waals surface area contributed by atoms with Crippen LogP contribution in [0, 0.1) is 0 Å². The van der Waals surface area contributed by atoms with Crippen LogP contribution in [0.3, 0.4) is 0 Å². The summed E-state index contributed by atoms with van der Waals surface area (Å²) in [5.74, 6) is 0. The maximum Gasteiger partial charge on any atom is 0.0106 e. The van der Waals surface area contributed by atoms with E-state index in [-0.39, 0.29) is 0 Å². The molecule has 0 aromatic rings. The first-order valence-electron chi connectivity index (χ1n) is 4.72. The van der Waals surface area contributed by atoms with E-state index >= 15 is 0 Å². The van der Waals surface area contributed by atoms with Crippen molar-refractivity contribution in [3.8, 4) is 0 Å². The average molecular weight is 160 g/mol. The molecule has 2 heteroatoms. The number of rotatable bonds is 5. The molecular formula is C9H24N2. The first-order chi connectivity index (χ1) is 5.35. The van der Waals surface area contributed by atoms with E-state index < -0.39 is 0 Å². The molecule has 0 fully saturated rings. The lowest BCUT2D eigenvalue weighted by molar-refractivity contribution is 0.305. The van der Waals surface area contributed by atoms with Crippen LogP contribution >= 0.6 is 0 Å². The quantitative estimate of drug-likeness (QED) is 0.657. The third kappa shape index (κ3) is 9.92. The minimum absolute atomic E-state index is 1.10. The predicted octanol–water partition coefficient (Wildman–Crippen LogP) is 1.57. The first-order valence-corrected chi connectivity index (χ1v) is 4.72. The SMILES string of the molecule is CC.CCN(CC)CCNC. The highest BCUT2D eigenvalue weighted by atomic mass is 15.1. The number of hydrogen-bond donors (Lipinski definition) is 1. The maximum atomic E-state index is 3.13. The van der Waals surface area contributed by atoms with E-state index in [2.05, 4.69) is 24.1 Å². The standard InChI is InChI=1S/C7H18N2.C2H6/c1-4-9(5-2)7-6-8-3;1-2/h8H,4-7H2,1-3H3;1-2H3. The molecule has 11 heavy (non-hydrogen) atoms. The molecule has 0 bridgehead atoms. The fourth-order valence-corrected chi connectivity index (χ4v) is 0.810. The van der Waals surface area contributed by atoms with E-state index in [1.54, 1.807) is 0 Å². The molecule has 0 radical (unpaired) electrons. The molecule has 0 atom stereocenters. The summed E-state index contributed by atoms with van der Waals surface area (Å²) >= 11 is 0. The van der Waals surface area contributed by atoms with Crippen molar-refractivity contribution < 1.29 is 0 Å². The highest BCUT2D eigenvalue weighted by Crippen LogP contribution is 1.82. The summed E-state index contributed by atoms with van der Waals surface area (Å²) in [6.07, 6.45) is 0. The van der Waals surface area contributed by atoms with E-state index in [9.17, 15) is 0 Å². The lowest BCUT2D eigenvalue weighted by atomic mass is 10.5. The summed E-state index contributed by atoms with van der Waals surface area (Å²) in [7, 11) is 1.99. The highest BCUT2D eigenvalue weighted by molar-refractivity contribution is 4.52. The van der Waals surface area contributed by atoms with Crippen molar-refractivity contribution in [2.75, 3.05) is 33.2 Å². The van der Waals surface area contributed by atoms with Gasteiger partial charge in [0, 0.05) is 13.1 Å². The normalized spacial score (nSPS) is 9.27. The van der Waals surface area contributed by atoms with Crippen LogP contribution in [0.4, 0.5) is 0 Å². The van der Waals surface area contributed by atoms with E-state index in [0.29, 0.717) is 0 Å². The summed E-state index contributed by atoms with van der Waals surface area (Å²) in [6, 6.07) is 0. The van der Waals surface area contributed by atoms with Crippen LogP contribution in [0.1, 0.15) is 27.7 Å². The van der Waals surface area contributed by atoms with Crippen LogP contribution in [0.25, 0.3) is 0 Å². The van der Waals surface area contributed by atoms with Gasteiger partial charge in [0.2, 0.25) is 0 Å². The van der Waals surface area contributed by atoms with Crippen molar-refractivity contribution in [1.82, 2.24) is 10.2 Å². The van der Waals surface area contributed by atoms with E-state index in [1.165, 1.54) is 6.54 Å². The Kier molecular flexibility index (Phi) is 15.4. The molecule has 0 spiro atoms. The molecule has 0 aliphatic heterocycles. The number of hydrogen-bond acceptors (Lipinski definition) is 2. The minimum atomic E-state index is 1.10. The van der Waals surface area contributed by atoms with Gasteiger partial charge in [-0.1, -0.05) is 27.7 Å². The number of nitrogens with zero attached hydrogens (tertiary/aromatic N) is 1. The molecule has 0 aromatic heterocycles. The molecule has 0 unspecified atom stereocenters. The smallest absolute Gasteiger partial charge is 0.0106 e. The lowest BCUT2D eigenvalue weighted by Gasteiger charge is -2.16. The summed E-state index contributed by atoms with van der Waals surface area (Å²) in [5, 5.41) is 3.13. The monoisotopic (exact) mass is 160 g/mol. The Morgan fingerprint density at radius 3 is 1.82 bits per heavy atom. The van der Waals surface area contributed by atoms with Gasteiger partial charge >= 0.3 is 0 Å². The molecule has 0 aromatic carbocycles. The van der Waals surface area contributed by atoms with Gasteiger partial charge in [-0.3, -0.25) is 0 Å². The lowest BCUT2D eigenvalue weighted by Crippen LogP contribution is -2.30. The highest BCUT2D eigenvalue weighted by Gasteiger charge is 1.94. The first kappa shape index (κ1) is 13.5. The summed E-state index contributed by atoms with van der Waals surface area (Å²) < 4.78 is 0. The summed E-state index contributed by atoms with van der Waals surface area (Å²) in [5.41, 5.74) is 0. The molecular weight excluding hydrogens is 136 g/mol. The van der Waals surface area contributed by atoms with Crippen LogP contribution in [0.5, 0.6) is 0 Å². The average Bonchev–Trinajstić information content (AvgIpc) is 2.10. The van der Waals surface area contributed by atoms with Crippen molar-refractivity contribution in [3.63, 3.8) is 0 Å². The second kappa shape index (κ2) is 12.6. The molecule has 0 aliphatic rings. The zero-order valence-electron chi connectivity index (χ0n) is 8.78. The minimum Gasteiger partial charge on any atom is -0.318 e. The second-order valence-electron chi connectivity index (χ2n) is 2.13. The molecule has 0 aliphatic carbocycles. The molecule has 0 heterocycles. The number of nitrogens with one attached hydrogen (secondary N) is 1. The Balaban J connectivity index is 0. The zero-order chi connectivity index (χ0) is 9.11. The Morgan fingerprint density at radius 1 is 1.09 bits per heavy atom. The van der Waals surface area contributed by atoms with Gasteiger partial charge < -0.3 is 10.2 Å². The number of likely N-dealkylation sites (N-methyl/N-ethyl adjacent to an activating group) is 2.